The topological polar surface area (TPSA) is 66.4 Å². The largest absolute Gasteiger partial charge is 0.480 e. The van der Waals surface area contributed by atoms with Gasteiger partial charge in [-0.25, -0.2) is 0 Å². The maximum Gasteiger partial charge on any atom is 0.328 e. The van der Waals surface area contributed by atoms with Crippen LogP contribution in [0, 0.1) is 0 Å². The van der Waals surface area contributed by atoms with Gasteiger partial charge in [0.2, 0.25) is 0 Å². The first kappa shape index (κ1) is 23.3. The summed E-state index contributed by atoms with van der Waals surface area (Å²) in [6.07, 6.45) is 23.0. The molecule has 0 heterocycles. The fourth-order valence-corrected chi connectivity index (χ4v) is 2.48. The molecule has 0 radical (unpaired) electrons. The van der Waals surface area contributed by atoms with Crippen LogP contribution in [0.5, 0.6) is 0 Å². The first-order valence-corrected chi connectivity index (χ1v) is 9.51. The van der Waals surface area contributed by atoms with Gasteiger partial charge in [-0.3, -0.25) is 9.59 Å². The van der Waals surface area contributed by atoms with E-state index in [1.54, 1.807) is 0 Å². The summed E-state index contributed by atoms with van der Waals surface area (Å²) in [4.78, 5) is 22.5. The molecule has 0 rings (SSSR count). The molecule has 0 aromatic heterocycles. The monoisotopic (exact) mass is 349 g/mol. The number of carbonyl (C=O) groups excluding carboxylic acids is 1. The van der Waals surface area contributed by atoms with E-state index in [1.807, 2.05) is 0 Å². The van der Waals surface area contributed by atoms with Gasteiger partial charge in [-0.1, -0.05) is 62.6 Å². The normalized spacial score (nSPS) is 13.2. The van der Waals surface area contributed by atoms with E-state index >= 15 is 0 Å². The fourth-order valence-electron chi connectivity index (χ4n) is 2.48. The molecule has 0 amide bonds. The van der Waals surface area contributed by atoms with Crippen molar-refractivity contribution in [2.24, 2.45) is 0 Å². The number of allylic oxidation sites excluding steroid dienone is 6. The van der Waals surface area contributed by atoms with Gasteiger partial charge < -0.3 is 10.4 Å². The lowest BCUT2D eigenvalue weighted by atomic mass is 10.0. The molecule has 0 aromatic rings. The summed E-state index contributed by atoms with van der Waals surface area (Å²) in [6.45, 7) is 2.14. The molecule has 0 aromatic carbocycles. The van der Waals surface area contributed by atoms with Crippen molar-refractivity contribution in [2.75, 3.05) is 7.05 Å². The Morgan fingerprint density at radius 2 is 1.44 bits per heavy atom. The number of hydrogen-bond acceptors (Lipinski definition) is 3. The number of hydrogen-bond donors (Lipinski definition) is 2. The Labute approximate surface area is 153 Å². The number of carboxylic acid groups (broad SMARTS) is 1. The average Bonchev–Trinajstić information content (AvgIpc) is 2.58. The van der Waals surface area contributed by atoms with Crippen LogP contribution in [0.25, 0.3) is 0 Å². The number of nitrogens with one attached hydrogen (secondary N) is 1. The van der Waals surface area contributed by atoms with Crippen LogP contribution in [0.3, 0.4) is 0 Å². The number of unbranched alkanes of at least 4 members (excludes halogenated alkanes) is 5. The lowest BCUT2D eigenvalue weighted by Crippen LogP contribution is -2.41. The van der Waals surface area contributed by atoms with Crippen LogP contribution in [-0.4, -0.2) is 29.9 Å². The summed E-state index contributed by atoms with van der Waals surface area (Å²) in [5.41, 5.74) is 0. The Morgan fingerprint density at radius 3 is 2.04 bits per heavy atom. The van der Waals surface area contributed by atoms with Gasteiger partial charge in [0.05, 0.1) is 0 Å². The number of rotatable bonds is 16. The summed E-state index contributed by atoms with van der Waals surface area (Å²) >= 11 is 0. The molecule has 0 spiro atoms. The number of carboxylic acids is 1. The third-order valence-electron chi connectivity index (χ3n) is 3.93. The highest BCUT2D eigenvalue weighted by atomic mass is 16.4. The quantitative estimate of drug-likeness (QED) is 0.238. The second-order valence-electron chi connectivity index (χ2n) is 6.13. The van der Waals surface area contributed by atoms with E-state index in [1.165, 1.54) is 13.5 Å². The van der Waals surface area contributed by atoms with E-state index in [-0.39, 0.29) is 5.78 Å². The molecule has 4 nitrogen and oxygen atoms in total. The summed E-state index contributed by atoms with van der Waals surface area (Å²) in [6, 6.07) is -1.05. The first-order valence-electron chi connectivity index (χ1n) is 9.51. The molecular formula is C21H35NO3. The van der Waals surface area contributed by atoms with Crippen LogP contribution in [0.1, 0.15) is 71.1 Å². The van der Waals surface area contributed by atoms with E-state index in [9.17, 15) is 9.59 Å². The number of likely N-dealkylation sites (N-methyl/N-ethyl adjacent to an activating group) is 1. The predicted octanol–water partition coefficient (Wildman–Crippen LogP) is 4.82. The van der Waals surface area contributed by atoms with E-state index in [2.05, 4.69) is 48.7 Å². The van der Waals surface area contributed by atoms with E-state index < -0.39 is 12.0 Å². The van der Waals surface area contributed by atoms with Gasteiger partial charge >= 0.3 is 5.97 Å². The highest BCUT2D eigenvalue weighted by molar-refractivity contribution is 6.02. The average molecular weight is 350 g/mol. The number of Topliss-reactive ketones (excluding diaryl/α,β-unsaturated/α-hetero) is 1. The Kier molecular flexibility index (Phi) is 16.0. The minimum Gasteiger partial charge on any atom is -0.480 e. The zero-order valence-electron chi connectivity index (χ0n) is 15.9. The van der Waals surface area contributed by atoms with Crippen LogP contribution in [0.4, 0.5) is 0 Å². The molecule has 0 saturated carbocycles. The minimum absolute atomic E-state index is 0.226. The number of carbonyl (C=O) groups is 2. The molecule has 25 heavy (non-hydrogen) atoms. The van der Waals surface area contributed by atoms with E-state index in [0.717, 1.165) is 51.4 Å². The molecule has 1 unspecified atom stereocenters. The van der Waals surface area contributed by atoms with E-state index in [0.29, 0.717) is 6.42 Å². The van der Waals surface area contributed by atoms with Gasteiger partial charge in [0.15, 0.2) is 11.8 Å². The summed E-state index contributed by atoms with van der Waals surface area (Å²) in [5.74, 6) is -1.32. The number of ketones is 1. The molecule has 2 N–H and O–H groups in total. The second-order valence-corrected chi connectivity index (χ2v) is 6.13. The molecule has 142 valence electrons. The van der Waals surface area contributed by atoms with Crippen LogP contribution in [0.15, 0.2) is 36.5 Å². The molecule has 4 heteroatoms. The molecule has 0 aliphatic heterocycles. The van der Waals surface area contributed by atoms with Crippen LogP contribution >= 0.6 is 0 Å². The Bertz CT molecular complexity index is 438. The van der Waals surface area contributed by atoms with Crippen molar-refractivity contribution in [2.45, 2.75) is 77.2 Å². The van der Waals surface area contributed by atoms with Crippen molar-refractivity contribution < 1.29 is 14.7 Å². The maximum absolute atomic E-state index is 11.7. The van der Waals surface area contributed by atoms with Crippen LogP contribution in [0.2, 0.25) is 0 Å². The van der Waals surface area contributed by atoms with Gasteiger partial charge in [-0.15, -0.1) is 0 Å². The molecule has 0 fully saturated rings. The predicted molar refractivity (Wildman–Crippen MR) is 105 cm³/mol. The van der Waals surface area contributed by atoms with Crippen molar-refractivity contribution in [3.8, 4) is 0 Å². The highest BCUT2D eigenvalue weighted by Crippen LogP contribution is 2.09. The third kappa shape index (κ3) is 14.4. The van der Waals surface area contributed by atoms with E-state index in [4.69, 9.17) is 5.11 Å². The third-order valence-corrected chi connectivity index (χ3v) is 3.93. The highest BCUT2D eigenvalue weighted by Gasteiger charge is 2.22. The van der Waals surface area contributed by atoms with Crippen molar-refractivity contribution >= 4 is 11.8 Å². The summed E-state index contributed by atoms with van der Waals surface area (Å²) in [5, 5.41) is 11.4. The molecule has 0 bridgehead atoms. The maximum atomic E-state index is 11.7. The Balaban J connectivity index is 3.49. The lowest BCUT2D eigenvalue weighted by molar-refractivity contribution is -0.143. The first-order chi connectivity index (χ1) is 12.1. The van der Waals surface area contributed by atoms with Crippen molar-refractivity contribution in [1.82, 2.24) is 5.32 Å². The fraction of sp³-hybridized carbons (Fsp3) is 0.619. The van der Waals surface area contributed by atoms with Crippen molar-refractivity contribution in [3.05, 3.63) is 36.5 Å². The molecule has 0 saturated heterocycles. The molecular weight excluding hydrogens is 314 g/mol. The van der Waals surface area contributed by atoms with Gasteiger partial charge in [0.25, 0.3) is 0 Å². The van der Waals surface area contributed by atoms with Crippen molar-refractivity contribution in [1.29, 1.82) is 0 Å². The smallest absolute Gasteiger partial charge is 0.328 e. The second kappa shape index (κ2) is 17.2. The van der Waals surface area contributed by atoms with Crippen LogP contribution in [-0.2, 0) is 9.59 Å². The zero-order valence-corrected chi connectivity index (χ0v) is 15.9. The van der Waals surface area contributed by atoms with Gasteiger partial charge in [0.1, 0.15) is 0 Å². The Hall–Kier alpha value is -1.68. The zero-order chi connectivity index (χ0) is 18.8. The van der Waals surface area contributed by atoms with Crippen LogP contribution < -0.4 is 5.32 Å². The minimum atomic E-state index is -1.09. The van der Waals surface area contributed by atoms with Gasteiger partial charge in [-0.05, 0) is 45.6 Å². The SMILES string of the molecule is CC/C=C\C/C=C\C/C=C\CCCCCCCC(=O)C(NC)C(=O)O. The Morgan fingerprint density at radius 1 is 0.880 bits per heavy atom. The lowest BCUT2D eigenvalue weighted by Gasteiger charge is -2.09. The molecule has 1 atom stereocenters. The molecule has 0 aliphatic carbocycles. The number of aliphatic carboxylic acids is 1. The molecule has 0 aliphatic rings. The summed E-state index contributed by atoms with van der Waals surface area (Å²) < 4.78 is 0. The van der Waals surface area contributed by atoms with Gasteiger partial charge in [-0.2, -0.15) is 0 Å². The van der Waals surface area contributed by atoms with Gasteiger partial charge in [0, 0.05) is 6.42 Å². The standard InChI is InChI=1S/C21H35NO3/c1-3-4-5-6-7-8-9-10-11-12-13-14-15-16-17-18-19(23)20(22-2)21(24)25/h4-5,7-8,10-11,20,22H,3,6,9,12-18H2,1-2H3,(H,24,25)/b5-4-,8-7-,11-10-. The summed E-state index contributed by atoms with van der Waals surface area (Å²) in [7, 11) is 1.50. The van der Waals surface area contributed by atoms with Crippen molar-refractivity contribution in [3.63, 3.8) is 0 Å².